The van der Waals surface area contributed by atoms with E-state index in [2.05, 4.69) is 5.32 Å². The first-order valence-corrected chi connectivity index (χ1v) is 8.00. The number of amides is 1. The molecule has 7 nitrogen and oxygen atoms in total. The number of carbonyl (C=O) groups excluding carboxylic acids is 1. The Morgan fingerprint density at radius 2 is 2.04 bits per heavy atom. The molecule has 1 aliphatic heterocycles. The van der Waals surface area contributed by atoms with E-state index >= 15 is 0 Å². The number of benzene rings is 2. The SMILES string of the molecule is COc1cc(NC2CCN(Cc3ccccc3)C2=O)ccc1[N+](=O)[O-]. The molecule has 1 fully saturated rings. The standard InChI is InChI=1S/C18H19N3O4/c1-25-17-11-14(7-8-16(17)21(23)24)19-15-9-10-20(18(15)22)12-13-5-3-2-4-6-13/h2-8,11,15,19H,9-10,12H2,1H3. The van der Waals surface area contributed by atoms with Crippen LogP contribution < -0.4 is 10.1 Å². The van der Waals surface area contributed by atoms with Crippen LogP contribution in [-0.2, 0) is 11.3 Å². The molecule has 7 heteroatoms. The zero-order valence-electron chi connectivity index (χ0n) is 13.8. The van der Waals surface area contributed by atoms with Gasteiger partial charge in [-0.25, -0.2) is 0 Å². The Labute approximate surface area is 145 Å². The molecular formula is C18H19N3O4. The number of anilines is 1. The van der Waals surface area contributed by atoms with Crippen molar-refractivity contribution in [3.05, 3.63) is 64.2 Å². The van der Waals surface area contributed by atoms with E-state index in [0.717, 1.165) is 5.56 Å². The van der Waals surface area contributed by atoms with Gasteiger partial charge in [0, 0.05) is 30.9 Å². The maximum Gasteiger partial charge on any atom is 0.311 e. The molecule has 2 aromatic carbocycles. The Balaban J connectivity index is 1.68. The highest BCUT2D eigenvalue weighted by molar-refractivity contribution is 5.86. The quantitative estimate of drug-likeness (QED) is 0.645. The number of rotatable bonds is 6. The number of nitrogens with zero attached hydrogens (tertiary/aromatic N) is 2. The van der Waals surface area contributed by atoms with Crippen LogP contribution in [0.15, 0.2) is 48.5 Å². The van der Waals surface area contributed by atoms with Gasteiger partial charge in [0.25, 0.3) is 0 Å². The van der Waals surface area contributed by atoms with Gasteiger partial charge in [0.1, 0.15) is 6.04 Å². The highest BCUT2D eigenvalue weighted by Crippen LogP contribution is 2.30. The summed E-state index contributed by atoms with van der Waals surface area (Å²) in [5.74, 6) is 0.197. The smallest absolute Gasteiger partial charge is 0.311 e. The van der Waals surface area contributed by atoms with Gasteiger partial charge in [-0.3, -0.25) is 14.9 Å². The van der Waals surface area contributed by atoms with Crippen molar-refractivity contribution < 1.29 is 14.5 Å². The summed E-state index contributed by atoms with van der Waals surface area (Å²) >= 11 is 0. The molecule has 3 rings (SSSR count). The van der Waals surface area contributed by atoms with Crippen molar-refractivity contribution in [2.75, 3.05) is 19.0 Å². The summed E-state index contributed by atoms with van der Waals surface area (Å²) in [5.41, 5.74) is 1.62. The summed E-state index contributed by atoms with van der Waals surface area (Å²) in [7, 11) is 1.38. The molecule has 0 aromatic heterocycles. The first-order chi connectivity index (χ1) is 12.1. The van der Waals surface area contributed by atoms with Crippen LogP contribution in [0.3, 0.4) is 0 Å². The van der Waals surface area contributed by atoms with Crippen LogP contribution in [0, 0.1) is 10.1 Å². The molecule has 1 amide bonds. The van der Waals surface area contributed by atoms with E-state index in [4.69, 9.17) is 4.74 Å². The molecule has 1 atom stereocenters. The highest BCUT2D eigenvalue weighted by atomic mass is 16.6. The third-order valence-corrected chi connectivity index (χ3v) is 4.23. The Bertz CT molecular complexity index is 779. The van der Waals surface area contributed by atoms with E-state index in [-0.39, 0.29) is 23.4 Å². The lowest BCUT2D eigenvalue weighted by molar-refractivity contribution is -0.385. The van der Waals surface area contributed by atoms with E-state index in [1.165, 1.54) is 13.2 Å². The fraction of sp³-hybridized carbons (Fsp3) is 0.278. The summed E-state index contributed by atoms with van der Waals surface area (Å²) in [6.45, 7) is 1.26. The van der Waals surface area contributed by atoms with Crippen molar-refractivity contribution in [1.29, 1.82) is 0 Å². The fourth-order valence-corrected chi connectivity index (χ4v) is 2.95. The number of nitro groups is 1. The second kappa shape index (κ2) is 7.21. The van der Waals surface area contributed by atoms with Gasteiger partial charge in [-0.15, -0.1) is 0 Å². The van der Waals surface area contributed by atoms with Crippen molar-refractivity contribution in [1.82, 2.24) is 4.90 Å². The summed E-state index contributed by atoms with van der Waals surface area (Å²) in [5, 5.41) is 14.1. The van der Waals surface area contributed by atoms with Crippen molar-refractivity contribution in [3.63, 3.8) is 0 Å². The Hall–Kier alpha value is -3.09. The molecule has 2 aromatic rings. The Kier molecular flexibility index (Phi) is 4.83. The predicted octanol–water partition coefficient (Wildman–Crippen LogP) is 2.82. The van der Waals surface area contributed by atoms with Crippen molar-refractivity contribution >= 4 is 17.3 Å². The summed E-state index contributed by atoms with van der Waals surface area (Å²) in [6.07, 6.45) is 0.685. The van der Waals surface area contributed by atoms with Crippen LogP contribution in [0.2, 0.25) is 0 Å². The first kappa shape index (κ1) is 16.8. The molecule has 1 heterocycles. The van der Waals surface area contributed by atoms with Crippen LogP contribution in [-0.4, -0.2) is 35.4 Å². The summed E-state index contributed by atoms with van der Waals surface area (Å²) in [4.78, 5) is 24.8. The third-order valence-electron chi connectivity index (χ3n) is 4.23. The predicted molar refractivity (Wildman–Crippen MR) is 93.5 cm³/mol. The third kappa shape index (κ3) is 3.71. The number of hydrogen-bond acceptors (Lipinski definition) is 5. The number of hydrogen-bond donors (Lipinski definition) is 1. The van der Waals surface area contributed by atoms with Crippen LogP contribution >= 0.6 is 0 Å². The van der Waals surface area contributed by atoms with E-state index in [1.807, 2.05) is 35.2 Å². The van der Waals surface area contributed by atoms with Crippen molar-refractivity contribution in [3.8, 4) is 5.75 Å². The summed E-state index contributed by atoms with van der Waals surface area (Å²) < 4.78 is 5.06. The average molecular weight is 341 g/mol. The van der Waals surface area contributed by atoms with Gasteiger partial charge in [0.05, 0.1) is 12.0 Å². The van der Waals surface area contributed by atoms with Crippen molar-refractivity contribution in [2.45, 2.75) is 19.0 Å². The number of carbonyl (C=O) groups is 1. The largest absolute Gasteiger partial charge is 0.490 e. The van der Waals surface area contributed by atoms with E-state index < -0.39 is 4.92 Å². The van der Waals surface area contributed by atoms with Crippen molar-refractivity contribution in [2.24, 2.45) is 0 Å². The van der Waals surface area contributed by atoms with Gasteiger partial charge >= 0.3 is 5.69 Å². The second-order valence-electron chi connectivity index (χ2n) is 5.87. The fourth-order valence-electron chi connectivity index (χ4n) is 2.95. The number of ether oxygens (including phenoxy) is 1. The van der Waals surface area contributed by atoms with Gasteiger partial charge in [-0.05, 0) is 18.1 Å². The monoisotopic (exact) mass is 341 g/mol. The topological polar surface area (TPSA) is 84.7 Å². The van der Waals surface area contributed by atoms with E-state index in [1.54, 1.807) is 12.1 Å². The molecule has 0 radical (unpaired) electrons. The Morgan fingerprint density at radius 1 is 1.28 bits per heavy atom. The highest BCUT2D eigenvalue weighted by Gasteiger charge is 2.31. The molecule has 0 bridgehead atoms. The normalized spacial score (nSPS) is 16.8. The molecule has 1 unspecified atom stereocenters. The molecule has 0 saturated carbocycles. The van der Waals surface area contributed by atoms with Gasteiger partial charge < -0.3 is 15.0 Å². The molecule has 130 valence electrons. The molecule has 0 aliphatic carbocycles. The van der Waals surface area contributed by atoms with Gasteiger partial charge in [0.15, 0.2) is 5.75 Å². The minimum atomic E-state index is -0.495. The Morgan fingerprint density at radius 3 is 2.72 bits per heavy atom. The lowest BCUT2D eigenvalue weighted by atomic mass is 10.2. The maximum absolute atomic E-state index is 12.6. The maximum atomic E-state index is 12.6. The van der Waals surface area contributed by atoms with Crippen LogP contribution in [0.5, 0.6) is 5.75 Å². The molecule has 25 heavy (non-hydrogen) atoms. The zero-order valence-corrected chi connectivity index (χ0v) is 13.8. The lowest BCUT2D eigenvalue weighted by Gasteiger charge is -2.18. The van der Waals surface area contributed by atoms with Crippen LogP contribution in [0.4, 0.5) is 11.4 Å². The zero-order chi connectivity index (χ0) is 17.8. The average Bonchev–Trinajstić information content (AvgIpc) is 2.95. The number of nitrogens with one attached hydrogen (secondary N) is 1. The lowest BCUT2D eigenvalue weighted by Crippen LogP contribution is -2.33. The van der Waals surface area contributed by atoms with Crippen LogP contribution in [0.1, 0.15) is 12.0 Å². The van der Waals surface area contributed by atoms with Gasteiger partial charge in [-0.2, -0.15) is 0 Å². The number of likely N-dealkylation sites (tertiary alicyclic amines) is 1. The number of nitro benzene ring substituents is 1. The second-order valence-corrected chi connectivity index (χ2v) is 5.87. The minimum absolute atomic E-state index is 0.0289. The molecule has 0 spiro atoms. The molecule has 1 aliphatic rings. The van der Waals surface area contributed by atoms with Gasteiger partial charge in [-0.1, -0.05) is 30.3 Å². The van der Waals surface area contributed by atoms with E-state index in [9.17, 15) is 14.9 Å². The number of methoxy groups -OCH3 is 1. The summed E-state index contributed by atoms with van der Waals surface area (Å²) in [6, 6.07) is 14.0. The van der Waals surface area contributed by atoms with E-state index in [0.29, 0.717) is 25.2 Å². The first-order valence-electron chi connectivity index (χ1n) is 8.00. The minimum Gasteiger partial charge on any atom is -0.490 e. The van der Waals surface area contributed by atoms with Gasteiger partial charge in [0.2, 0.25) is 5.91 Å². The molecule has 1 saturated heterocycles. The molecule has 1 N–H and O–H groups in total. The van der Waals surface area contributed by atoms with Crippen LogP contribution in [0.25, 0.3) is 0 Å². The molecular weight excluding hydrogens is 322 g/mol.